The summed E-state index contributed by atoms with van der Waals surface area (Å²) in [7, 11) is 0. The molecule has 0 spiro atoms. The maximum Gasteiger partial charge on any atom is 0.416 e. The third kappa shape index (κ3) is 12.1. The molecule has 0 aliphatic carbocycles. The normalized spacial score (nSPS) is 11.2. The summed E-state index contributed by atoms with van der Waals surface area (Å²) in [4.78, 5) is 0. The SMILES string of the molecule is CC.CCCN.NCCNCCc1cc(C(F)(F)F)cc(C(F)(F)F)c1. The van der Waals surface area contributed by atoms with Crippen LogP contribution in [0.3, 0.4) is 0 Å². The number of benzene rings is 1. The van der Waals surface area contributed by atoms with Crippen LogP contribution in [0.1, 0.15) is 43.9 Å². The molecule has 154 valence electrons. The molecule has 0 radical (unpaired) electrons. The quantitative estimate of drug-likeness (QED) is 0.505. The van der Waals surface area contributed by atoms with E-state index in [2.05, 4.69) is 12.2 Å². The molecule has 0 fully saturated rings. The summed E-state index contributed by atoms with van der Waals surface area (Å²) in [5, 5.41) is 2.81. The molecule has 0 saturated carbocycles. The Balaban J connectivity index is 0. The number of hydrogen-bond donors (Lipinski definition) is 3. The molecule has 0 bridgehead atoms. The Morgan fingerprint density at radius 1 is 0.808 bits per heavy atom. The first-order valence-electron chi connectivity index (χ1n) is 8.45. The summed E-state index contributed by atoms with van der Waals surface area (Å²) < 4.78 is 75.5. The molecule has 0 aliphatic rings. The molecular weight excluding hydrogens is 360 g/mol. The van der Waals surface area contributed by atoms with Crippen molar-refractivity contribution in [2.24, 2.45) is 11.5 Å². The van der Waals surface area contributed by atoms with Crippen molar-refractivity contribution in [1.82, 2.24) is 5.32 Å². The van der Waals surface area contributed by atoms with Crippen molar-refractivity contribution in [3.63, 3.8) is 0 Å². The van der Waals surface area contributed by atoms with E-state index in [1.165, 1.54) is 0 Å². The molecule has 0 saturated heterocycles. The maximum absolute atomic E-state index is 12.6. The van der Waals surface area contributed by atoms with Gasteiger partial charge in [0.05, 0.1) is 11.1 Å². The number of halogens is 6. The van der Waals surface area contributed by atoms with Gasteiger partial charge in [0.2, 0.25) is 0 Å². The summed E-state index contributed by atoms with van der Waals surface area (Å²) in [5.74, 6) is 0. The number of nitrogens with one attached hydrogen (secondary N) is 1. The van der Waals surface area contributed by atoms with E-state index in [-0.39, 0.29) is 24.6 Å². The Labute approximate surface area is 151 Å². The molecule has 0 amide bonds. The largest absolute Gasteiger partial charge is 0.416 e. The van der Waals surface area contributed by atoms with Crippen molar-refractivity contribution in [2.45, 2.75) is 46.0 Å². The van der Waals surface area contributed by atoms with Crippen LogP contribution in [0.25, 0.3) is 0 Å². The smallest absolute Gasteiger partial charge is 0.330 e. The van der Waals surface area contributed by atoms with Gasteiger partial charge in [0.1, 0.15) is 0 Å². The Hall–Kier alpha value is -1.32. The monoisotopic (exact) mass is 389 g/mol. The van der Waals surface area contributed by atoms with Gasteiger partial charge in [-0.1, -0.05) is 20.8 Å². The number of hydrogen-bond acceptors (Lipinski definition) is 3. The molecule has 1 rings (SSSR count). The van der Waals surface area contributed by atoms with E-state index in [1.54, 1.807) is 0 Å². The van der Waals surface area contributed by atoms with Gasteiger partial charge < -0.3 is 16.8 Å². The van der Waals surface area contributed by atoms with E-state index in [9.17, 15) is 26.3 Å². The minimum atomic E-state index is -4.80. The molecule has 5 N–H and O–H groups in total. The second kappa shape index (κ2) is 13.8. The summed E-state index contributed by atoms with van der Waals surface area (Å²) in [6.07, 6.45) is -8.45. The fraction of sp³-hybridized carbons (Fsp3) is 0.647. The van der Waals surface area contributed by atoms with Gasteiger partial charge in [-0.15, -0.1) is 0 Å². The number of nitrogens with two attached hydrogens (primary N) is 2. The molecule has 0 unspecified atom stereocenters. The van der Waals surface area contributed by atoms with Crippen molar-refractivity contribution >= 4 is 0 Å². The predicted octanol–water partition coefficient (Wildman–Crippen LogP) is 4.20. The average Bonchev–Trinajstić information content (AvgIpc) is 2.59. The van der Waals surface area contributed by atoms with E-state index in [0.29, 0.717) is 13.1 Å². The third-order valence-electron chi connectivity index (χ3n) is 2.85. The Bertz CT molecular complexity index is 438. The molecule has 26 heavy (non-hydrogen) atoms. The van der Waals surface area contributed by atoms with Gasteiger partial charge in [-0.2, -0.15) is 26.3 Å². The molecule has 0 aromatic heterocycles. The van der Waals surface area contributed by atoms with Gasteiger partial charge in [0.25, 0.3) is 0 Å². The molecule has 1 aromatic carbocycles. The maximum atomic E-state index is 12.6. The summed E-state index contributed by atoms with van der Waals surface area (Å²) in [5.41, 5.74) is 7.64. The van der Waals surface area contributed by atoms with Crippen LogP contribution in [-0.4, -0.2) is 26.2 Å². The molecule has 0 heterocycles. The zero-order valence-corrected chi connectivity index (χ0v) is 15.4. The lowest BCUT2D eigenvalue weighted by atomic mass is 10.0. The number of alkyl halides is 6. The van der Waals surface area contributed by atoms with Gasteiger partial charge in [0.15, 0.2) is 0 Å². The molecule has 9 heteroatoms. The minimum absolute atomic E-state index is 0.0170. The van der Waals surface area contributed by atoms with E-state index in [0.717, 1.165) is 25.1 Å². The second-order valence-corrected chi connectivity index (χ2v) is 4.99. The van der Waals surface area contributed by atoms with Gasteiger partial charge in [-0.25, -0.2) is 0 Å². The van der Waals surface area contributed by atoms with Crippen molar-refractivity contribution in [3.05, 3.63) is 34.9 Å². The van der Waals surface area contributed by atoms with Crippen LogP contribution in [0.4, 0.5) is 26.3 Å². The van der Waals surface area contributed by atoms with Crippen LogP contribution in [0.15, 0.2) is 18.2 Å². The van der Waals surface area contributed by atoms with Crippen LogP contribution in [0, 0.1) is 0 Å². The fourth-order valence-electron chi connectivity index (χ4n) is 1.62. The Morgan fingerprint density at radius 2 is 1.23 bits per heavy atom. The van der Waals surface area contributed by atoms with Crippen LogP contribution < -0.4 is 16.8 Å². The van der Waals surface area contributed by atoms with Crippen LogP contribution in [0.2, 0.25) is 0 Å². The van der Waals surface area contributed by atoms with Gasteiger partial charge in [-0.05, 0) is 49.7 Å². The minimum Gasteiger partial charge on any atom is -0.330 e. The lowest BCUT2D eigenvalue weighted by Crippen LogP contribution is -2.24. The van der Waals surface area contributed by atoms with Gasteiger partial charge in [0, 0.05) is 13.1 Å². The summed E-state index contributed by atoms with van der Waals surface area (Å²) in [6, 6.07) is 1.59. The van der Waals surface area contributed by atoms with Crippen LogP contribution in [0.5, 0.6) is 0 Å². The average molecular weight is 389 g/mol. The van der Waals surface area contributed by atoms with Crippen molar-refractivity contribution in [1.29, 1.82) is 0 Å². The predicted molar refractivity (Wildman–Crippen MR) is 92.8 cm³/mol. The molecule has 3 nitrogen and oxygen atoms in total. The molecule has 0 aliphatic heterocycles. The van der Waals surface area contributed by atoms with Gasteiger partial charge >= 0.3 is 12.4 Å². The van der Waals surface area contributed by atoms with Crippen molar-refractivity contribution in [2.75, 3.05) is 26.2 Å². The van der Waals surface area contributed by atoms with Crippen LogP contribution >= 0.6 is 0 Å². The first-order chi connectivity index (χ1) is 12.1. The van der Waals surface area contributed by atoms with E-state index >= 15 is 0 Å². The lowest BCUT2D eigenvalue weighted by Gasteiger charge is -2.14. The first-order valence-corrected chi connectivity index (χ1v) is 8.45. The lowest BCUT2D eigenvalue weighted by molar-refractivity contribution is -0.143. The second-order valence-electron chi connectivity index (χ2n) is 4.99. The molecular formula is C17H29F6N3. The van der Waals surface area contributed by atoms with Crippen molar-refractivity contribution < 1.29 is 26.3 Å². The first kappa shape index (κ1) is 26.9. The highest BCUT2D eigenvalue weighted by Gasteiger charge is 2.36. The molecule has 1 aromatic rings. The van der Waals surface area contributed by atoms with Crippen LogP contribution in [-0.2, 0) is 18.8 Å². The highest BCUT2D eigenvalue weighted by atomic mass is 19.4. The van der Waals surface area contributed by atoms with E-state index in [4.69, 9.17) is 11.5 Å². The Morgan fingerprint density at radius 3 is 1.54 bits per heavy atom. The number of rotatable bonds is 6. The summed E-state index contributed by atoms with van der Waals surface area (Å²) in [6.45, 7) is 7.93. The van der Waals surface area contributed by atoms with Crippen molar-refractivity contribution in [3.8, 4) is 0 Å². The highest BCUT2D eigenvalue weighted by Crippen LogP contribution is 2.36. The fourth-order valence-corrected chi connectivity index (χ4v) is 1.62. The zero-order chi connectivity index (χ0) is 20.8. The van der Waals surface area contributed by atoms with Gasteiger partial charge in [-0.3, -0.25) is 0 Å². The standard InChI is InChI=1S/C12H14F6N2.C3H9N.C2H6/c13-11(14,15)9-5-8(1-3-20-4-2-19)6-10(7-9)12(16,17)18;1-2-3-4;1-2/h5-7,20H,1-4,19H2;2-4H2,1H3;1-2H3. The molecule has 0 atom stereocenters. The topological polar surface area (TPSA) is 64.1 Å². The zero-order valence-electron chi connectivity index (χ0n) is 15.4. The Kier molecular flexibility index (Phi) is 14.3. The summed E-state index contributed by atoms with van der Waals surface area (Å²) >= 11 is 0. The third-order valence-corrected chi connectivity index (χ3v) is 2.85. The highest BCUT2D eigenvalue weighted by molar-refractivity contribution is 5.33. The van der Waals surface area contributed by atoms with E-state index < -0.39 is 23.5 Å². The van der Waals surface area contributed by atoms with E-state index in [1.807, 2.05) is 13.8 Å².